The van der Waals surface area contributed by atoms with Crippen molar-refractivity contribution >= 4 is 80.8 Å². The van der Waals surface area contributed by atoms with Crippen molar-refractivity contribution in [2.24, 2.45) is 0 Å². The summed E-state index contributed by atoms with van der Waals surface area (Å²) in [5.41, 5.74) is 3.03. The average Bonchev–Trinajstić information content (AvgIpc) is 3.67. The first-order valence-electron chi connectivity index (χ1n) is 21.0. The monoisotopic (exact) mass is 938 g/mol. The first-order chi connectivity index (χ1) is 32.5. The summed E-state index contributed by atoms with van der Waals surface area (Å²) in [7, 11) is 1.49. The van der Waals surface area contributed by atoms with Crippen LogP contribution in [0.4, 0.5) is 27.1 Å². The third-order valence-corrected chi connectivity index (χ3v) is 12.7. The Bertz CT molecular complexity index is 3030. The van der Waals surface area contributed by atoms with Crippen LogP contribution in [0.15, 0.2) is 155 Å². The number of methoxy groups -OCH3 is 1. The van der Waals surface area contributed by atoms with Crippen LogP contribution in [0.5, 0.6) is 11.5 Å². The van der Waals surface area contributed by atoms with Gasteiger partial charge < -0.3 is 38.6 Å². The minimum absolute atomic E-state index is 0.156. The molecule has 0 radical (unpaired) electrons. The molecule has 9 rings (SSSR count). The molecule has 0 saturated carbocycles. The third kappa shape index (κ3) is 9.11. The van der Waals surface area contributed by atoms with E-state index in [1.165, 1.54) is 37.9 Å². The van der Waals surface area contributed by atoms with Gasteiger partial charge in [0.1, 0.15) is 24.3 Å². The van der Waals surface area contributed by atoms with Crippen molar-refractivity contribution in [2.45, 2.75) is 48.2 Å². The zero-order chi connectivity index (χ0) is 46.8. The van der Waals surface area contributed by atoms with Gasteiger partial charge in [-0.2, -0.15) is 0 Å². The van der Waals surface area contributed by atoms with E-state index in [0.29, 0.717) is 59.6 Å². The molecule has 7 aromatic carbocycles. The SMILES string of the molecule is COc1cc(Cl)c(C)cc1Nc1c2c(c3ccccc3c1OC(C)=O)N([C@@H]1O[C@H](COC(=O)c3ccccc3)[C@@H](OC(=O)c3ccccc3)[C@H]1OC(=O)c1ccccc1)c1ccc(F)cc1S2. The highest BCUT2D eigenvalue weighted by atomic mass is 35.5. The molecule has 1 fully saturated rings. The predicted octanol–water partition coefficient (Wildman–Crippen LogP) is 11.3. The number of esters is 4. The molecule has 7 aromatic rings. The third-order valence-electron chi connectivity index (χ3n) is 11.1. The van der Waals surface area contributed by atoms with Gasteiger partial charge in [0.25, 0.3) is 0 Å². The van der Waals surface area contributed by atoms with E-state index in [-0.39, 0.29) is 22.4 Å². The van der Waals surface area contributed by atoms with Crippen LogP contribution >= 0.6 is 23.4 Å². The van der Waals surface area contributed by atoms with Crippen LogP contribution in [-0.4, -0.2) is 62.1 Å². The molecule has 1 saturated heterocycles. The number of carbonyl (C=O) groups excluding carboxylic acids is 4. The molecule has 0 spiro atoms. The number of halogens is 2. The van der Waals surface area contributed by atoms with E-state index < -0.39 is 60.8 Å². The second-order valence-corrected chi connectivity index (χ2v) is 17.0. The Morgan fingerprint density at radius 2 is 1.33 bits per heavy atom. The average molecular weight is 939 g/mol. The van der Waals surface area contributed by atoms with Crippen molar-refractivity contribution in [3.05, 3.63) is 179 Å². The zero-order valence-electron chi connectivity index (χ0n) is 36.1. The summed E-state index contributed by atoms with van der Waals surface area (Å²) in [5.74, 6) is -2.84. The number of carbonyl (C=O) groups is 4. The Balaban J connectivity index is 1.27. The Hall–Kier alpha value is -7.39. The molecule has 0 bridgehead atoms. The van der Waals surface area contributed by atoms with E-state index in [0.717, 1.165) is 0 Å². The van der Waals surface area contributed by atoms with Gasteiger partial charge >= 0.3 is 23.9 Å². The minimum atomic E-state index is -1.45. The van der Waals surface area contributed by atoms with Crippen molar-refractivity contribution < 1.29 is 52.0 Å². The lowest BCUT2D eigenvalue weighted by Gasteiger charge is -2.40. The van der Waals surface area contributed by atoms with E-state index in [4.69, 9.17) is 40.0 Å². The summed E-state index contributed by atoms with van der Waals surface area (Å²) < 4.78 is 52.9. The molecule has 2 heterocycles. The van der Waals surface area contributed by atoms with Gasteiger partial charge in [-0.3, -0.25) is 4.79 Å². The number of nitrogens with zero attached hydrogens (tertiary/aromatic N) is 1. The van der Waals surface area contributed by atoms with E-state index in [1.807, 2.05) is 13.0 Å². The lowest BCUT2D eigenvalue weighted by molar-refractivity contribution is -0.131. The molecule has 0 unspecified atom stereocenters. The van der Waals surface area contributed by atoms with Crippen LogP contribution in [0.1, 0.15) is 43.6 Å². The van der Waals surface area contributed by atoms with Gasteiger partial charge in [-0.15, -0.1) is 0 Å². The molecule has 2 aliphatic heterocycles. The number of anilines is 4. The molecule has 338 valence electrons. The van der Waals surface area contributed by atoms with E-state index in [9.17, 15) is 19.2 Å². The van der Waals surface area contributed by atoms with Gasteiger partial charge in [-0.25, -0.2) is 18.8 Å². The molecule has 15 heteroatoms. The number of nitrogens with one attached hydrogen (secondary N) is 1. The number of ether oxygens (including phenoxy) is 6. The molecule has 12 nitrogen and oxygen atoms in total. The Morgan fingerprint density at radius 3 is 1.94 bits per heavy atom. The van der Waals surface area contributed by atoms with Crippen molar-refractivity contribution in [3.8, 4) is 11.5 Å². The van der Waals surface area contributed by atoms with Gasteiger partial charge in [-0.1, -0.05) is 102 Å². The fourth-order valence-electron chi connectivity index (χ4n) is 8.06. The van der Waals surface area contributed by atoms with Crippen molar-refractivity contribution in [2.75, 3.05) is 23.9 Å². The number of hydrogen-bond donors (Lipinski definition) is 1. The molecule has 1 N–H and O–H groups in total. The van der Waals surface area contributed by atoms with Gasteiger partial charge in [0.05, 0.1) is 51.4 Å². The summed E-state index contributed by atoms with van der Waals surface area (Å²) in [5, 5.41) is 4.95. The van der Waals surface area contributed by atoms with Gasteiger partial charge in [-0.05, 0) is 73.2 Å². The molecular weight excluding hydrogens is 899 g/mol. The number of benzene rings is 7. The Labute approximate surface area is 393 Å². The Kier molecular flexibility index (Phi) is 12.8. The fraction of sp³-hybridized carbons (Fsp3) is 0.154. The van der Waals surface area contributed by atoms with Crippen molar-refractivity contribution in [1.29, 1.82) is 0 Å². The second kappa shape index (κ2) is 19.2. The molecule has 67 heavy (non-hydrogen) atoms. The fourth-order valence-corrected chi connectivity index (χ4v) is 9.43. The standard InChI is InChI=1S/C52H40ClFN2O10S/c1-29-25-38(40(61-3)27-37(29)53)55-43-45(63-30(2)57)36-22-14-13-21-35(36)44-48(43)67-42-26-34(54)23-24-39(42)56(44)49-47(66-52(60)33-19-11-6-12-20-33)46(65-51(59)32-17-9-5-10-18-32)41(64-49)28-62-50(58)31-15-7-4-8-16-31/h4-27,41,46-47,49,55H,28H2,1-3H3/t41-,46-,47-,49-/m1/s1. The lowest BCUT2D eigenvalue weighted by atomic mass is 10.0. The first kappa shape index (κ1) is 44.8. The zero-order valence-corrected chi connectivity index (χ0v) is 37.6. The quantitative estimate of drug-likeness (QED) is 0.0707. The van der Waals surface area contributed by atoms with Crippen LogP contribution < -0.4 is 19.7 Å². The highest BCUT2D eigenvalue weighted by Gasteiger charge is 2.54. The highest BCUT2D eigenvalue weighted by Crippen LogP contribution is 2.60. The molecule has 0 aromatic heterocycles. The van der Waals surface area contributed by atoms with Crippen LogP contribution in [0.25, 0.3) is 10.8 Å². The largest absolute Gasteiger partial charge is 0.495 e. The van der Waals surface area contributed by atoms with Crippen LogP contribution in [0.2, 0.25) is 5.02 Å². The van der Waals surface area contributed by atoms with Gasteiger partial charge in [0.15, 0.2) is 24.2 Å². The topological polar surface area (TPSA) is 139 Å². The molecule has 2 aliphatic rings. The number of rotatable bonds is 12. The second-order valence-electron chi connectivity index (χ2n) is 15.5. The van der Waals surface area contributed by atoms with E-state index in [2.05, 4.69) is 5.32 Å². The summed E-state index contributed by atoms with van der Waals surface area (Å²) in [6.45, 7) is 2.67. The first-order valence-corrected chi connectivity index (χ1v) is 22.2. The van der Waals surface area contributed by atoms with Gasteiger partial charge in [0.2, 0.25) is 0 Å². The molecule has 0 aliphatic carbocycles. The lowest BCUT2D eigenvalue weighted by Crippen LogP contribution is -2.47. The Morgan fingerprint density at radius 1 is 0.746 bits per heavy atom. The number of aryl methyl sites for hydroxylation is 1. The maximum atomic E-state index is 15.5. The minimum Gasteiger partial charge on any atom is -0.495 e. The van der Waals surface area contributed by atoms with Crippen molar-refractivity contribution in [3.63, 3.8) is 0 Å². The van der Waals surface area contributed by atoms with Gasteiger partial charge in [0, 0.05) is 33.7 Å². The molecule has 0 amide bonds. The summed E-state index contributed by atoms with van der Waals surface area (Å²) in [4.78, 5) is 57.4. The summed E-state index contributed by atoms with van der Waals surface area (Å²) in [6.07, 6.45) is -5.46. The van der Waals surface area contributed by atoms with Crippen LogP contribution in [0.3, 0.4) is 0 Å². The molecular formula is C52H40ClFN2O10S. The molecule has 4 atom stereocenters. The van der Waals surface area contributed by atoms with Crippen LogP contribution in [-0.2, 0) is 23.7 Å². The maximum Gasteiger partial charge on any atom is 0.338 e. The highest BCUT2D eigenvalue weighted by molar-refractivity contribution is 8.00. The summed E-state index contributed by atoms with van der Waals surface area (Å²) >= 11 is 7.74. The van der Waals surface area contributed by atoms with E-state index in [1.54, 1.807) is 132 Å². The number of hydrogen-bond acceptors (Lipinski definition) is 13. The predicted molar refractivity (Wildman–Crippen MR) is 251 cm³/mol. The normalized spacial score (nSPS) is 17.2. The van der Waals surface area contributed by atoms with E-state index >= 15 is 4.39 Å². The number of fused-ring (bicyclic) bond motifs is 4. The van der Waals surface area contributed by atoms with Crippen LogP contribution in [0, 0.1) is 12.7 Å². The maximum absolute atomic E-state index is 15.5. The smallest absolute Gasteiger partial charge is 0.338 e. The van der Waals surface area contributed by atoms with Crippen molar-refractivity contribution in [1.82, 2.24) is 0 Å². The summed E-state index contributed by atoms with van der Waals surface area (Å²) in [6, 6.07) is 39.7.